The van der Waals surface area contributed by atoms with Crippen LogP contribution in [0.5, 0.6) is 5.75 Å². The Hall–Kier alpha value is -1.98. The molecule has 0 aromatic heterocycles. The molecule has 0 spiro atoms. The highest BCUT2D eigenvalue weighted by Crippen LogP contribution is 2.27. The van der Waals surface area contributed by atoms with Crippen molar-refractivity contribution >= 4 is 21.7 Å². The number of amides is 2. The summed E-state index contributed by atoms with van der Waals surface area (Å²) in [5, 5.41) is 2.53. The minimum absolute atomic E-state index is 0.0124. The average Bonchev–Trinajstić information content (AvgIpc) is 2.73. The smallest absolute Gasteiger partial charge is 0.322 e. The number of carbonyl (C=O) groups excluding carboxylic acids is 1. The second kappa shape index (κ2) is 8.14. The van der Waals surface area contributed by atoms with Crippen molar-refractivity contribution in [1.29, 1.82) is 0 Å². The molecule has 1 fully saturated rings. The number of alkyl halides is 2. The highest BCUT2D eigenvalue weighted by Gasteiger charge is 2.36. The van der Waals surface area contributed by atoms with E-state index in [0.717, 1.165) is 11.2 Å². The number of hydrogen-bond acceptors (Lipinski definition) is 5. The summed E-state index contributed by atoms with van der Waals surface area (Å²) >= 11 is 0. The van der Waals surface area contributed by atoms with Crippen molar-refractivity contribution in [3.8, 4) is 5.75 Å². The molecule has 2 amide bonds. The van der Waals surface area contributed by atoms with Gasteiger partial charge in [-0.15, -0.1) is 0 Å². The first kappa shape index (κ1) is 20.3. The monoisotopic (exact) mass is 393 g/mol. The number of halogens is 2. The predicted molar refractivity (Wildman–Crippen MR) is 91.0 cm³/mol. The zero-order chi connectivity index (χ0) is 19.4. The van der Waals surface area contributed by atoms with Gasteiger partial charge in [-0.2, -0.15) is 0 Å². The zero-order valence-electron chi connectivity index (χ0n) is 14.4. The van der Waals surface area contributed by atoms with Crippen LogP contribution in [0.3, 0.4) is 0 Å². The Bertz CT molecular complexity index is 758. The molecule has 146 valence electrons. The van der Waals surface area contributed by atoms with Gasteiger partial charge in [-0.3, -0.25) is 0 Å². The lowest BCUT2D eigenvalue weighted by Crippen LogP contribution is -2.43. The number of carbonyl (C=O) groups is 1. The maximum atomic E-state index is 13.6. The topological polar surface area (TPSA) is 97.0 Å². The van der Waals surface area contributed by atoms with Crippen LogP contribution in [0.4, 0.5) is 19.3 Å². The van der Waals surface area contributed by atoms with Crippen LogP contribution in [0.25, 0.3) is 0 Å². The zero-order valence-corrected chi connectivity index (χ0v) is 15.2. The van der Waals surface area contributed by atoms with Crippen LogP contribution in [-0.4, -0.2) is 64.9 Å². The first-order valence-electron chi connectivity index (χ1n) is 7.73. The van der Waals surface area contributed by atoms with Gasteiger partial charge in [0.1, 0.15) is 12.4 Å². The lowest BCUT2D eigenvalue weighted by molar-refractivity contribution is -0.0648. The molecular formula is C15H21F2N3O5S. The number of ether oxygens (including phenoxy) is 2. The Balaban J connectivity index is 2.14. The summed E-state index contributed by atoms with van der Waals surface area (Å²) in [4.78, 5) is 13.3. The normalized spacial score (nSPS) is 17.5. The Kier molecular flexibility index (Phi) is 6.37. The van der Waals surface area contributed by atoms with E-state index in [1.54, 1.807) is 12.1 Å². The second-order valence-corrected chi connectivity index (χ2v) is 7.72. The van der Waals surface area contributed by atoms with Gasteiger partial charge in [-0.25, -0.2) is 26.7 Å². The van der Waals surface area contributed by atoms with E-state index >= 15 is 0 Å². The van der Waals surface area contributed by atoms with Crippen LogP contribution in [0.2, 0.25) is 0 Å². The number of benzene rings is 1. The molecule has 1 saturated heterocycles. The minimum atomic E-state index is -3.38. The van der Waals surface area contributed by atoms with Crippen molar-refractivity contribution in [3.63, 3.8) is 0 Å². The number of urea groups is 1. The van der Waals surface area contributed by atoms with E-state index in [9.17, 15) is 22.0 Å². The van der Waals surface area contributed by atoms with Crippen molar-refractivity contribution in [3.05, 3.63) is 23.8 Å². The second-order valence-electron chi connectivity index (χ2n) is 5.89. The summed E-state index contributed by atoms with van der Waals surface area (Å²) in [6, 6.07) is 3.97. The molecule has 1 aliphatic rings. The molecule has 8 nitrogen and oxygen atoms in total. The first-order chi connectivity index (χ1) is 12.1. The Labute approximate surface area is 150 Å². The van der Waals surface area contributed by atoms with Gasteiger partial charge >= 0.3 is 6.03 Å². The van der Waals surface area contributed by atoms with E-state index < -0.39 is 35.1 Å². The van der Waals surface area contributed by atoms with E-state index in [0.29, 0.717) is 11.3 Å². The molecule has 1 aliphatic heterocycles. The highest BCUT2D eigenvalue weighted by atomic mass is 32.2. The number of rotatable bonds is 5. The fourth-order valence-corrected chi connectivity index (χ4v) is 2.77. The molecule has 26 heavy (non-hydrogen) atoms. The fraction of sp³-hybridized carbons (Fsp3) is 0.533. The van der Waals surface area contributed by atoms with Crippen LogP contribution in [0, 0.1) is 0 Å². The van der Waals surface area contributed by atoms with Crippen molar-refractivity contribution in [1.82, 2.24) is 9.62 Å². The van der Waals surface area contributed by atoms with E-state index in [1.807, 2.05) is 0 Å². The number of sulfonamides is 1. The maximum absolute atomic E-state index is 13.6. The molecule has 1 heterocycles. The lowest BCUT2D eigenvalue weighted by atomic mass is 10.2. The molecule has 2 rings (SSSR count). The summed E-state index contributed by atoms with van der Waals surface area (Å²) in [7, 11) is -1.99. The molecule has 11 heteroatoms. The molecule has 0 unspecified atom stereocenters. The van der Waals surface area contributed by atoms with Crippen molar-refractivity contribution in [2.24, 2.45) is 0 Å². The molecule has 0 saturated carbocycles. The number of hydrogen-bond donors (Lipinski definition) is 2. The fourth-order valence-electron chi connectivity index (χ4n) is 2.34. The van der Waals surface area contributed by atoms with E-state index in [1.165, 1.54) is 13.2 Å². The Morgan fingerprint density at radius 1 is 1.42 bits per heavy atom. The standard InChI is InChI=1S/C15H21F2N3O5S/c1-24-13-4-3-11(8-18-26(2,22)23)7-12(13)19-14(21)20-5-6-25-10-15(16,17)9-20/h3-4,7,18H,5-6,8-10H2,1-2H3,(H,19,21). The number of methoxy groups -OCH3 is 1. The van der Waals surface area contributed by atoms with Gasteiger partial charge in [0.2, 0.25) is 10.0 Å². The van der Waals surface area contributed by atoms with Crippen LogP contribution in [0.15, 0.2) is 18.2 Å². The quantitative estimate of drug-likeness (QED) is 0.785. The predicted octanol–water partition coefficient (Wildman–Crippen LogP) is 1.24. The van der Waals surface area contributed by atoms with Crippen LogP contribution < -0.4 is 14.8 Å². The van der Waals surface area contributed by atoms with Gasteiger partial charge in [0, 0.05) is 13.1 Å². The van der Waals surface area contributed by atoms with Gasteiger partial charge in [0.05, 0.1) is 32.2 Å². The molecular weight excluding hydrogens is 372 g/mol. The molecule has 0 aliphatic carbocycles. The van der Waals surface area contributed by atoms with Crippen molar-refractivity contribution < 1.29 is 31.5 Å². The summed E-state index contributed by atoms with van der Waals surface area (Å²) in [5.74, 6) is -2.81. The highest BCUT2D eigenvalue weighted by molar-refractivity contribution is 7.88. The largest absolute Gasteiger partial charge is 0.495 e. The number of nitrogens with one attached hydrogen (secondary N) is 2. The Morgan fingerprint density at radius 2 is 2.15 bits per heavy atom. The van der Waals surface area contributed by atoms with Crippen LogP contribution >= 0.6 is 0 Å². The van der Waals surface area contributed by atoms with Crippen LogP contribution in [-0.2, 0) is 21.3 Å². The SMILES string of the molecule is COc1ccc(CNS(C)(=O)=O)cc1NC(=O)N1CCOCC(F)(F)C1. The average molecular weight is 393 g/mol. The van der Waals surface area contributed by atoms with Gasteiger partial charge in [0.15, 0.2) is 0 Å². The summed E-state index contributed by atoms with van der Waals surface area (Å²) in [6.45, 7) is -1.43. The third-order valence-corrected chi connectivity index (χ3v) is 4.24. The molecule has 0 atom stereocenters. The van der Waals surface area contributed by atoms with Crippen molar-refractivity contribution in [2.75, 3.05) is 45.0 Å². The van der Waals surface area contributed by atoms with Crippen LogP contribution in [0.1, 0.15) is 5.56 Å². The van der Waals surface area contributed by atoms with Crippen molar-refractivity contribution in [2.45, 2.75) is 12.5 Å². The molecule has 1 aromatic carbocycles. The molecule has 2 N–H and O–H groups in total. The van der Waals surface area contributed by atoms with Gasteiger partial charge in [0.25, 0.3) is 5.92 Å². The number of anilines is 1. The van der Waals surface area contributed by atoms with Gasteiger partial charge in [-0.05, 0) is 17.7 Å². The first-order valence-corrected chi connectivity index (χ1v) is 9.62. The molecule has 0 radical (unpaired) electrons. The third kappa shape index (κ3) is 6.07. The lowest BCUT2D eigenvalue weighted by Gasteiger charge is -2.24. The van der Waals surface area contributed by atoms with Gasteiger partial charge < -0.3 is 19.7 Å². The van der Waals surface area contributed by atoms with E-state index in [4.69, 9.17) is 9.47 Å². The van der Waals surface area contributed by atoms with E-state index in [2.05, 4.69) is 10.0 Å². The number of nitrogens with zero attached hydrogens (tertiary/aromatic N) is 1. The Morgan fingerprint density at radius 3 is 2.81 bits per heavy atom. The maximum Gasteiger partial charge on any atom is 0.322 e. The third-order valence-electron chi connectivity index (χ3n) is 3.57. The minimum Gasteiger partial charge on any atom is -0.495 e. The summed E-state index contributed by atoms with van der Waals surface area (Å²) < 4.78 is 61.9. The summed E-state index contributed by atoms with van der Waals surface area (Å²) in [6.07, 6.45) is 1.03. The van der Waals surface area contributed by atoms with E-state index in [-0.39, 0.29) is 25.4 Å². The molecule has 1 aromatic rings. The summed E-state index contributed by atoms with van der Waals surface area (Å²) in [5.41, 5.74) is 0.815. The molecule has 0 bridgehead atoms. The van der Waals surface area contributed by atoms with Gasteiger partial charge in [-0.1, -0.05) is 6.07 Å².